The molecule has 0 saturated carbocycles. The van der Waals surface area contributed by atoms with Crippen molar-refractivity contribution in [3.8, 4) is 5.75 Å². The van der Waals surface area contributed by atoms with E-state index in [-0.39, 0.29) is 5.84 Å². The number of ether oxygens (including phenoxy) is 1. The van der Waals surface area contributed by atoms with Crippen LogP contribution >= 0.6 is 23.2 Å². The zero-order valence-electron chi connectivity index (χ0n) is 9.99. The highest BCUT2D eigenvalue weighted by Crippen LogP contribution is 2.26. The Balaban J connectivity index is 2.14. The third-order valence-corrected chi connectivity index (χ3v) is 3.33. The van der Waals surface area contributed by atoms with Gasteiger partial charge in [0.25, 0.3) is 0 Å². The molecule has 0 radical (unpaired) electrons. The van der Waals surface area contributed by atoms with E-state index in [0.29, 0.717) is 28.0 Å². The molecule has 0 aliphatic rings. The van der Waals surface area contributed by atoms with Gasteiger partial charge in [-0.15, -0.1) is 0 Å². The topological polar surface area (TPSA) is 59.1 Å². The van der Waals surface area contributed by atoms with Crippen LogP contribution in [-0.2, 0) is 6.61 Å². The maximum absolute atomic E-state index is 7.51. The van der Waals surface area contributed by atoms with Crippen LogP contribution in [0.1, 0.15) is 11.1 Å². The van der Waals surface area contributed by atoms with E-state index in [1.165, 1.54) is 0 Å². The van der Waals surface area contributed by atoms with E-state index in [1.54, 1.807) is 24.3 Å². The van der Waals surface area contributed by atoms with Gasteiger partial charge in [0.05, 0.1) is 10.0 Å². The number of hydrogen-bond donors (Lipinski definition) is 2. The fourth-order valence-electron chi connectivity index (χ4n) is 1.64. The van der Waals surface area contributed by atoms with Crippen molar-refractivity contribution in [3.05, 3.63) is 63.6 Å². The number of amidine groups is 1. The molecule has 5 heteroatoms. The largest absolute Gasteiger partial charge is 0.489 e. The summed E-state index contributed by atoms with van der Waals surface area (Å²) in [4.78, 5) is 0. The molecule has 2 aromatic carbocycles. The first-order valence-electron chi connectivity index (χ1n) is 5.58. The molecule has 98 valence electrons. The molecule has 0 heterocycles. The van der Waals surface area contributed by atoms with Crippen molar-refractivity contribution in [3.63, 3.8) is 0 Å². The second-order valence-corrected chi connectivity index (χ2v) is 4.75. The van der Waals surface area contributed by atoms with Crippen LogP contribution in [-0.4, -0.2) is 5.84 Å². The molecule has 0 fully saturated rings. The summed E-state index contributed by atoms with van der Waals surface area (Å²) >= 11 is 11.7. The summed E-state index contributed by atoms with van der Waals surface area (Å²) in [5.74, 6) is 0.640. The van der Waals surface area contributed by atoms with E-state index in [2.05, 4.69) is 0 Å². The second kappa shape index (κ2) is 5.95. The molecule has 0 atom stereocenters. The fraction of sp³-hybridized carbons (Fsp3) is 0.0714. The number of benzene rings is 2. The molecule has 0 aliphatic carbocycles. The lowest BCUT2D eigenvalue weighted by atomic mass is 10.1. The summed E-state index contributed by atoms with van der Waals surface area (Å²) < 4.78 is 5.62. The molecule has 0 unspecified atom stereocenters. The van der Waals surface area contributed by atoms with Crippen molar-refractivity contribution in [1.29, 1.82) is 5.41 Å². The lowest BCUT2D eigenvalue weighted by Gasteiger charge is -2.10. The summed E-state index contributed by atoms with van der Waals surface area (Å²) in [6.45, 7) is 0.313. The number of rotatable bonds is 4. The van der Waals surface area contributed by atoms with Crippen LogP contribution in [0.5, 0.6) is 5.75 Å². The van der Waals surface area contributed by atoms with E-state index in [0.717, 1.165) is 5.56 Å². The molecule has 2 rings (SSSR count). The predicted octanol–water partition coefficient (Wildman–Crippen LogP) is 3.86. The van der Waals surface area contributed by atoms with Gasteiger partial charge in [-0.3, -0.25) is 5.41 Å². The number of halogens is 2. The van der Waals surface area contributed by atoms with Gasteiger partial charge in [-0.1, -0.05) is 47.5 Å². The molecule has 3 nitrogen and oxygen atoms in total. The summed E-state index contributed by atoms with van der Waals surface area (Å²) in [5, 5.41) is 8.43. The molecule has 3 N–H and O–H groups in total. The van der Waals surface area contributed by atoms with Gasteiger partial charge in [-0.2, -0.15) is 0 Å². The minimum atomic E-state index is 0.0216. The lowest BCUT2D eigenvalue weighted by molar-refractivity contribution is 0.306. The van der Waals surface area contributed by atoms with Crippen molar-refractivity contribution >= 4 is 29.0 Å². The average molecular weight is 295 g/mol. The van der Waals surface area contributed by atoms with Gasteiger partial charge < -0.3 is 10.5 Å². The van der Waals surface area contributed by atoms with Crippen LogP contribution in [0.3, 0.4) is 0 Å². The van der Waals surface area contributed by atoms with Crippen molar-refractivity contribution in [2.24, 2.45) is 5.73 Å². The summed E-state index contributed by atoms with van der Waals surface area (Å²) in [6, 6.07) is 12.4. The first-order chi connectivity index (χ1) is 9.08. The number of hydrogen-bond acceptors (Lipinski definition) is 2. The monoisotopic (exact) mass is 294 g/mol. The highest BCUT2D eigenvalue weighted by Gasteiger charge is 2.06. The van der Waals surface area contributed by atoms with Crippen LogP contribution < -0.4 is 10.5 Å². The van der Waals surface area contributed by atoms with Gasteiger partial charge in [-0.25, -0.2) is 0 Å². The smallest absolute Gasteiger partial charge is 0.123 e. The predicted molar refractivity (Wildman–Crippen MR) is 78.3 cm³/mol. The van der Waals surface area contributed by atoms with Gasteiger partial charge >= 0.3 is 0 Å². The maximum Gasteiger partial charge on any atom is 0.123 e. The molecular formula is C14H12Cl2N2O. The van der Waals surface area contributed by atoms with Crippen LogP contribution in [0.2, 0.25) is 10.0 Å². The van der Waals surface area contributed by atoms with Crippen molar-refractivity contribution in [2.75, 3.05) is 0 Å². The zero-order chi connectivity index (χ0) is 13.8. The molecule has 2 aromatic rings. The SMILES string of the molecule is N=C(N)c1ccccc1COc1ccc(Cl)c(Cl)c1. The van der Waals surface area contributed by atoms with E-state index in [1.807, 2.05) is 18.2 Å². The van der Waals surface area contributed by atoms with E-state index in [9.17, 15) is 0 Å². The molecular weight excluding hydrogens is 283 g/mol. The molecule has 19 heavy (non-hydrogen) atoms. The highest BCUT2D eigenvalue weighted by molar-refractivity contribution is 6.42. The Hall–Kier alpha value is -1.71. The quantitative estimate of drug-likeness (QED) is 0.664. The van der Waals surface area contributed by atoms with Crippen LogP contribution in [0.4, 0.5) is 0 Å². The van der Waals surface area contributed by atoms with Crippen molar-refractivity contribution in [2.45, 2.75) is 6.61 Å². The number of nitrogens with two attached hydrogens (primary N) is 1. The molecule has 0 spiro atoms. The van der Waals surface area contributed by atoms with Crippen LogP contribution in [0.25, 0.3) is 0 Å². The van der Waals surface area contributed by atoms with Gasteiger partial charge in [0.15, 0.2) is 0 Å². The van der Waals surface area contributed by atoms with E-state index in [4.69, 9.17) is 39.1 Å². The standard InChI is InChI=1S/C14H12Cl2N2O/c15-12-6-5-10(7-13(12)16)19-8-9-3-1-2-4-11(9)14(17)18/h1-7H,8H2,(H3,17,18). The average Bonchev–Trinajstić information content (AvgIpc) is 2.40. The molecule has 0 amide bonds. The van der Waals surface area contributed by atoms with Crippen LogP contribution in [0.15, 0.2) is 42.5 Å². The van der Waals surface area contributed by atoms with Crippen molar-refractivity contribution < 1.29 is 4.74 Å². The highest BCUT2D eigenvalue weighted by atomic mass is 35.5. The van der Waals surface area contributed by atoms with Crippen LogP contribution in [0, 0.1) is 5.41 Å². The molecule has 0 saturated heterocycles. The normalized spacial score (nSPS) is 10.2. The molecule has 0 aromatic heterocycles. The Kier molecular flexibility index (Phi) is 4.30. The number of nitrogens with one attached hydrogen (secondary N) is 1. The molecule has 0 bridgehead atoms. The van der Waals surface area contributed by atoms with Gasteiger partial charge in [-0.05, 0) is 12.1 Å². The minimum Gasteiger partial charge on any atom is -0.489 e. The summed E-state index contributed by atoms with van der Waals surface area (Å²) in [6.07, 6.45) is 0. The first kappa shape index (κ1) is 13.7. The Morgan fingerprint density at radius 2 is 1.84 bits per heavy atom. The molecule has 0 aliphatic heterocycles. The Bertz CT molecular complexity index is 614. The Morgan fingerprint density at radius 1 is 1.11 bits per heavy atom. The van der Waals surface area contributed by atoms with Gasteiger partial charge in [0, 0.05) is 17.2 Å². The fourth-order valence-corrected chi connectivity index (χ4v) is 1.92. The zero-order valence-corrected chi connectivity index (χ0v) is 11.5. The third-order valence-electron chi connectivity index (χ3n) is 2.59. The van der Waals surface area contributed by atoms with E-state index < -0.39 is 0 Å². The lowest BCUT2D eigenvalue weighted by Crippen LogP contribution is -2.14. The van der Waals surface area contributed by atoms with Gasteiger partial charge in [0.1, 0.15) is 18.2 Å². The minimum absolute atomic E-state index is 0.0216. The maximum atomic E-state index is 7.51. The van der Waals surface area contributed by atoms with Crippen molar-refractivity contribution in [1.82, 2.24) is 0 Å². The summed E-state index contributed by atoms with van der Waals surface area (Å²) in [5.41, 5.74) is 7.03. The Morgan fingerprint density at radius 3 is 2.53 bits per heavy atom. The second-order valence-electron chi connectivity index (χ2n) is 3.94. The summed E-state index contributed by atoms with van der Waals surface area (Å²) in [7, 11) is 0. The first-order valence-corrected chi connectivity index (χ1v) is 6.33. The number of nitrogen functional groups attached to an aromatic ring is 1. The van der Waals surface area contributed by atoms with E-state index >= 15 is 0 Å². The van der Waals surface area contributed by atoms with Gasteiger partial charge in [0.2, 0.25) is 0 Å². The third kappa shape index (κ3) is 3.40. The Labute approximate surface area is 121 Å².